The van der Waals surface area contributed by atoms with Gasteiger partial charge in [-0.05, 0) is 31.2 Å². The Morgan fingerprint density at radius 3 is 2.68 bits per heavy atom. The van der Waals surface area contributed by atoms with E-state index in [-0.39, 0.29) is 18.5 Å². The summed E-state index contributed by atoms with van der Waals surface area (Å²) in [5.74, 6) is -1.48. The summed E-state index contributed by atoms with van der Waals surface area (Å²) in [6, 6.07) is 10.0. The van der Waals surface area contributed by atoms with E-state index in [0.29, 0.717) is 16.3 Å². The van der Waals surface area contributed by atoms with Gasteiger partial charge in [0.15, 0.2) is 6.54 Å². The van der Waals surface area contributed by atoms with Crippen LogP contribution >= 0.6 is 11.6 Å². The molecule has 22 heavy (non-hydrogen) atoms. The number of rotatable bonds is 5. The molecule has 0 unspecified atom stereocenters. The Hall–Kier alpha value is -1.98. The number of hydrogen-bond donors (Lipinski definition) is 2. The van der Waals surface area contributed by atoms with Crippen LogP contribution in [0.15, 0.2) is 42.5 Å². The smallest absolute Gasteiger partial charge is 0.279 e. The number of nitrogens with two attached hydrogens (primary N) is 1. The summed E-state index contributed by atoms with van der Waals surface area (Å²) in [5.41, 5.74) is 0.884. The summed E-state index contributed by atoms with van der Waals surface area (Å²) in [6.45, 7) is 1.85. The summed E-state index contributed by atoms with van der Waals surface area (Å²) in [6.07, 6.45) is 0. The first-order chi connectivity index (χ1) is 10.5. The number of carbonyl (C=O) groups excluding carboxylic acids is 1. The van der Waals surface area contributed by atoms with Gasteiger partial charge < -0.3 is 10.6 Å². The molecule has 1 atom stereocenters. The quantitative estimate of drug-likeness (QED) is 0.872. The molecule has 2 rings (SSSR count). The number of quaternary nitrogens is 1. The van der Waals surface area contributed by atoms with Gasteiger partial charge in [0.25, 0.3) is 5.91 Å². The first-order valence-corrected chi connectivity index (χ1v) is 7.18. The zero-order chi connectivity index (χ0) is 16.1. The summed E-state index contributed by atoms with van der Waals surface area (Å²) in [5, 5.41) is 4.81. The second kappa shape index (κ2) is 7.33. The van der Waals surface area contributed by atoms with E-state index in [1.807, 2.05) is 0 Å². The lowest BCUT2D eigenvalue weighted by atomic mass is 10.1. The molecule has 1 amide bonds. The van der Waals surface area contributed by atoms with Crippen molar-refractivity contribution in [1.82, 2.24) is 0 Å². The molecule has 0 aliphatic rings. The van der Waals surface area contributed by atoms with E-state index in [0.717, 1.165) is 6.07 Å². The van der Waals surface area contributed by atoms with Crippen molar-refractivity contribution in [3.05, 3.63) is 64.7 Å². The highest BCUT2D eigenvalue weighted by Crippen LogP contribution is 2.20. The van der Waals surface area contributed by atoms with E-state index in [9.17, 15) is 13.6 Å². The zero-order valence-corrected chi connectivity index (χ0v) is 12.7. The molecule has 6 heteroatoms. The maximum absolute atomic E-state index is 13.6. The molecular formula is C16H16ClF2N2O+. The van der Waals surface area contributed by atoms with E-state index >= 15 is 0 Å². The molecule has 0 radical (unpaired) electrons. The van der Waals surface area contributed by atoms with Crippen LogP contribution in [0.2, 0.25) is 5.02 Å². The largest absolute Gasteiger partial charge is 0.332 e. The Balaban J connectivity index is 1.92. The summed E-state index contributed by atoms with van der Waals surface area (Å²) >= 11 is 5.95. The van der Waals surface area contributed by atoms with E-state index < -0.39 is 11.6 Å². The van der Waals surface area contributed by atoms with Gasteiger partial charge in [-0.25, -0.2) is 8.78 Å². The minimum atomic E-state index is -0.620. The summed E-state index contributed by atoms with van der Waals surface area (Å²) in [7, 11) is 0. The molecule has 0 spiro atoms. The number of halogens is 3. The van der Waals surface area contributed by atoms with Crippen molar-refractivity contribution in [2.45, 2.75) is 13.0 Å². The standard InChI is InChI=1S/C16H15ClF2N2O/c1-10(12-7-6-11(18)8-14(12)19)20-9-16(22)21-15-5-3-2-4-13(15)17/h2-8,10,20H,9H2,1H3,(H,21,22)/p+1/t10-/m1/s1. The van der Waals surface area contributed by atoms with Crippen LogP contribution in [0.3, 0.4) is 0 Å². The highest BCUT2D eigenvalue weighted by molar-refractivity contribution is 6.33. The SMILES string of the molecule is C[C@@H]([NH2+]CC(=O)Nc1ccccc1Cl)c1ccc(F)cc1F. The Bertz CT molecular complexity index is 679. The molecule has 0 aliphatic carbocycles. The molecule has 0 bridgehead atoms. The van der Waals surface area contributed by atoms with Crippen molar-refractivity contribution in [3.8, 4) is 0 Å². The van der Waals surface area contributed by atoms with E-state index in [4.69, 9.17) is 11.6 Å². The average molecular weight is 326 g/mol. The van der Waals surface area contributed by atoms with Crippen molar-refractivity contribution in [1.29, 1.82) is 0 Å². The minimum absolute atomic E-state index is 0.100. The first kappa shape index (κ1) is 16.4. The number of carbonyl (C=O) groups is 1. The van der Waals surface area contributed by atoms with Crippen LogP contribution < -0.4 is 10.6 Å². The molecule has 2 aromatic rings. The second-order valence-electron chi connectivity index (χ2n) is 4.92. The number of benzene rings is 2. The Morgan fingerprint density at radius 2 is 2.00 bits per heavy atom. The van der Waals surface area contributed by atoms with Crippen LogP contribution in [0, 0.1) is 11.6 Å². The summed E-state index contributed by atoms with van der Waals surface area (Å²) in [4.78, 5) is 11.9. The van der Waals surface area contributed by atoms with Crippen molar-refractivity contribution < 1.29 is 18.9 Å². The Morgan fingerprint density at radius 1 is 1.27 bits per heavy atom. The van der Waals surface area contributed by atoms with Crippen LogP contribution in [0.5, 0.6) is 0 Å². The first-order valence-electron chi connectivity index (χ1n) is 6.80. The van der Waals surface area contributed by atoms with Crippen LogP contribution in [0.4, 0.5) is 14.5 Å². The van der Waals surface area contributed by atoms with Crippen LogP contribution in [-0.2, 0) is 4.79 Å². The predicted octanol–water partition coefficient (Wildman–Crippen LogP) is 2.88. The van der Waals surface area contributed by atoms with E-state index in [2.05, 4.69) is 5.32 Å². The lowest BCUT2D eigenvalue weighted by Gasteiger charge is -2.12. The molecule has 116 valence electrons. The maximum atomic E-state index is 13.6. The fraction of sp³-hybridized carbons (Fsp3) is 0.188. The van der Waals surface area contributed by atoms with Gasteiger partial charge in [-0.2, -0.15) is 0 Å². The third-order valence-corrected chi connectivity index (χ3v) is 3.59. The topological polar surface area (TPSA) is 45.7 Å². The van der Waals surface area contributed by atoms with Crippen LogP contribution in [0.1, 0.15) is 18.5 Å². The molecule has 0 aromatic heterocycles. The fourth-order valence-corrected chi connectivity index (χ4v) is 2.23. The van der Waals surface area contributed by atoms with Crippen LogP contribution in [0.25, 0.3) is 0 Å². The van der Waals surface area contributed by atoms with Crippen molar-refractivity contribution in [2.24, 2.45) is 0 Å². The fourth-order valence-electron chi connectivity index (χ4n) is 2.05. The molecule has 3 nitrogen and oxygen atoms in total. The third-order valence-electron chi connectivity index (χ3n) is 3.26. The molecule has 0 saturated heterocycles. The second-order valence-corrected chi connectivity index (χ2v) is 5.33. The minimum Gasteiger partial charge on any atom is -0.332 e. The molecule has 0 heterocycles. The highest BCUT2D eigenvalue weighted by Gasteiger charge is 2.16. The third kappa shape index (κ3) is 4.26. The molecule has 3 N–H and O–H groups in total. The number of hydrogen-bond acceptors (Lipinski definition) is 1. The number of amides is 1. The zero-order valence-electron chi connectivity index (χ0n) is 11.9. The molecule has 0 saturated carbocycles. The maximum Gasteiger partial charge on any atom is 0.279 e. The molecule has 2 aromatic carbocycles. The van der Waals surface area contributed by atoms with Gasteiger partial charge in [0.05, 0.1) is 10.7 Å². The molecule has 0 aliphatic heterocycles. The Kier molecular flexibility index (Phi) is 5.46. The highest BCUT2D eigenvalue weighted by atomic mass is 35.5. The Labute approximate surface area is 132 Å². The lowest BCUT2D eigenvalue weighted by molar-refractivity contribution is -0.682. The average Bonchev–Trinajstić information content (AvgIpc) is 2.47. The van der Waals surface area contributed by atoms with Gasteiger partial charge in [0, 0.05) is 11.6 Å². The monoisotopic (exact) mass is 325 g/mol. The molecular weight excluding hydrogens is 310 g/mol. The number of anilines is 1. The number of para-hydroxylation sites is 1. The van der Waals surface area contributed by atoms with Gasteiger partial charge in [0.2, 0.25) is 0 Å². The van der Waals surface area contributed by atoms with Crippen molar-refractivity contribution in [2.75, 3.05) is 11.9 Å². The molecule has 0 fully saturated rings. The van der Waals surface area contributed by atoms with E-state index in [1.54, 1.807) is 36.5 Å². The lowest BCUT2D eigenvalue weighted by Crippen LogP contribution is -2.86. The van der Waals surface area contributed by atoms with Gasteiger partial charge in [-0.1, -0.05) is 23.7 Å². The normalized spacial score (nSPS) is 12.0. The predicted molar refractivity (Wildman–Crippen MR) is 81.6 cm³/mol. The van der Waals surface area contributed by atoms with Crippen LogP contribution in [-0.4, -0.2) is 12.5 Å². The van der Waals surface area contributed by atoms with Gasteiger partial charge >= 0.3 is 0 Å². The van der Waals surface area contributed by atoms with Gasteiger partial charge in [-0.15, -0.1) is 0 Å². The van der Waals surface area contributed by atoms with Gasteiger partial charge in [0.1, 0.15) is 17.7 Å². The van der Waals surface area contributed by atoms with Gasteiger partial charge in [-0.3, -0.25) is 4.79 Å². The van der Waals surface area contributed by atoms with Crippen molar-refractivity contribution in [3.63, 3.8) is 0 Å². The summed E-state index contributed by atoms with van der Waals surface area (Å²) < 4.78 is 26.5. The van der Waals surface area contributed by atoms with E-state index in [1.165, 1.54) is 12.1 Å². The number of nitrogens with one attached hydrogen (secondary N) is 1. The van der Waals surface area contributed by atoms with Crippen molar-refractivity contribution >= 4 is 23.2 Å².